The van der Waals surface area contributed by atoms with Crippen molar-refractivity contribution in [1.82, 2.24) is 15.3 Å². The first-order chi connectivity index (χ1) is 4.84. The van der Waals surface area contributed by atoms with Crippen LogP contribution in [0.15, 0.2) is 12.4 Å². The molecule has 1 aromatic rings. The van der Waals surface area contributed by atoms with Gasteiger partial charge >= 0.3 is 0 Å². The zero-order chi connectivity index (χ0) is 7.40. The smallest absolute Gasteiger partial charge is 0.177 e. The molecule has 4 nitrogen and oxygen atoms in total. The molecule has 52 valence electrons. The summed E-state index contributed by atoms with van der Waals surface area (Å²) in [4.78, 5) is 6.86. The maximum Gasteiger partial charge on any atom is 0.177 e. The Labute approximate surface area is 58.9 Å². The van der Waals surface area contributed by atoms with E-state index < -0.39 is 0 Å². The van der Waals surface area contributed by atoms with Crippen molar-refractivity contribution in [3.63, 3.8) is 0 Å². The van der Waals surface area contributed by atoms with Crippen molar-refractivity contribution in [1.29, 1.82) is 5.26 Å². The van der Waals surface area contributed by atoms with Crippen molar-refractivity contribution < 1.29 is 0 Å². The fourth-order valence-electron chi connectivity index (χ4n) is 0.679. The van der Waals surface area contributed by atoms with E-state index in [9.17, 15) is 0 Å². The highest BCUT2D eigenvalue weighted by atomic mass is 15.0. The molecule has 1 unspecified atom stereocenters. The summed E-state index contributed by atoms with van der Waals surface area (Å²) in [5.41, 5.74) is 0. The van der Waals surface area contributed by atoms with Crippen LogP contribution in [0.2, 0.25) is 0 Å². The van der Waals surface area contributed by atoms with Crippen molar-refractivity contribution >= 4 is 0 Å². The van der Waals surface area contributed by atoms with Crippen LogP contribution in [0.25, 0.3) is 0 Å². The van der Waals surface area contributed by atoms with Crippen LogP contribution in [0.4, 0.5) is 0 Å². The number of nitriles is 1. The Hall–Kier alpha value is -1.50. The molecule has 0 aromatic carbocycles. The second-order valence-electron chi connectivity index (χ2n) is 1.95. The molecule has 1 atom stereocenters. The second-order valence-corrected chi connectivity index (χ2v) is 1.95. The van der Waals surface area contributed by atoms with Gasteiger partial charge in [-0.15, -0.1) is 0 Å². The van der Waals surface area contributed by atoms with E-state index in [-0.39, 0.29) is 6.04 Å². The van der Waals surface area contributed by atoms with Gasteiger partial charge in [0, 0.05) is 12.4 Å². The van der Waals surface area contributed by atoms with Crippen molar-refractivity contribution in [2.45, 2.75) is 13.0 Å². The quantitative estimate of drug-likeness (QED) is 0.460. The molecule has 0 aliphatic rings. The minimum Gasteiger partial charge on any atom is -0.347 e. The van der Waals surface area contributed by atoms with Gasteiger partial charge in [0.05, 0.1) is 6.04 Å². The van der Waals surface area contributed by atoms with Crippen LogP contribution in [0.1, 0.15) is 18.8 Å². The number of hydrogen-bond donors (Lipinski definition) is 2. The van der Waals surface area contributed by atoms with Gasteiger partial charge in [0.1, 0.15) is 5.82 Å². The van der Waals surface area contributed by atoms with Crippen LogP contribution in [0.5, 0.6) is 0 Å². The zero-order valence-corrected chi connectivity index (χ0v) is 5.63. The molecule has 0 bridgehead atoms. The van der Waals surface area contributed by atoms with Gasteiger partial charge in [0.25, 0.3) is 0 Å². The summed E-state index contributed by atoms with van der Waals surface area (Å²) in [7, 11) is 0. The molecule has 0 spiro atoms. The highest BCUT2D eigenvalue weighted by Crippen LogP contribution is 2.02. The van der Waals surface area contributed by atoms with Gasteiger partial charge in [-0.3, -0.25) is 0 Å². The first-order valence-corrected chi connectivity index (χ1v) is 2.98. The van der Waals surface area contributed by atoms with E-state index in [1.165, 1.54) is 0 Å². The minimum atomic E-state index is -0.0278. The third-order valence-electron chi connectivity index (χ3n) is 1.21. The predicted molar refractivity (Wildman–Crippen MR) is 35.8 cm³/mol. The Morgan fingerprint density at radius 3 is 3.20 bits per heavy atom. The van der Waals surface area contributed by atoms with Gasteiger partial charge in [0.15, 0.2) is 6.19 Å². The number of rotatable bonds is 2. The van der Waals surface area contributed by atoms with Crippen LogP contribution in [-0.2, 0) is 0 Å². The average molecular weight is 136 g/mol. The first kappa shape index (κ1) is 6.62. The molecule has 1 heterocycles. The van der Waals surface area contributed by atoms with Gasteiger partial charge in [-0.25, -0.2) is 4.98 Å². The molecule has 0 aliphatic heterocycles. The number of aromatic amines is 1. The van der Waals surface area contributed by atoms with E-state index in [0.717, 1.165) is 5.82 Å². The Bertz CT molecular complexity index is 220. The van der Waals surface area contributed by atoms with Gasteiger partial charge in [-0.2, -0.15) is 5.26 Å². The number of nitrogens with one attached hydrogen (secondary N) is 2. The van der Waals surface area contributed by atoms with Crippen LogP contribution in [0, 0.1) is 11.5 Å². The third kappa shape index (κ3) is 1.26. The average Bonchev–Trinajstić information content (AvgIpc) is 2.38. The first-order valence-electron chi connectivity index (χ1n) is 2.98. The number of H-pyrrole nitrogens is 1. The molecule has 10 heavy (non-hydrogen) atoms. The number of aromatic nitrogens is 2. The van der Waals surface area contributed by atoms with E-state index in [4.69, 9.17) is 5.26 Å². The Kier molecular flexibility index (Phi) is 1.90. The topological polar surface area (TPSA) is 64.5 Å². The molecule has 0 aliphatic carbocycles. The van der Waals surface area contributed by atoms with E-state index in [1.807, 2.05) is 13.1 Å². The summed E-state index contributed by atoms with van der Waals surface area (Å²) in [6.45, 7) is 1.86. The van der Waals surface area contributed by atoms with Crippen molar-refractivity contribution in [3.05, 3.63) is 18.2 Å². The number of nitrogens with zero attached hydrogens (tertiary/aromatic N) is 2. The molecule has 4 heteroatoms. The van der Waals surface area contributed by atoms with Gasteiger partial charge < -0.3 is 10.3 Å². The summed E-state index contributed by atoms with van der Waals surface area (Å²) < 4.78 is 0. The number of hydrogen-bond acceptors (Lipinski definition) is 3. The molecular formula is C6H8N4. The fourth-order valence-corrected chi connectivity index (χ4v) is 0.679. The third-order valence-corrected chi connectivity index (χ3v) is 1.21. The van der Waals surface area contributed by atoms with E-state index in [1.54, 1.807) is 12.4 Å². The summed E-state index contributed by atoms with van der Waals surface area (Å²) in [6, 6.07) is -0.0278. The van der Waals surface area contributed by atoms with Crippen LogP contribution in [-0.4, -0.2) is 9.97 Å². The number of imidazole rings is 1. The summed E-state index contributed by atoms with van der Waals surface area (Å²) in [5.74, 6) is 0.779. The maximum atomic E-state index is 8.23. The molecule has 2 N–H and O–H groups in total. The van der Waals surface area contributed by atoms with Gasteiger partial charge in [0.2, 0.25) is 0 Å². The van der Waals surface area contributed by atoms with E-state index in [2.05, 4.69) is 15.3 Å². The lowest BCUT2D eigenvalue weighted by Gasteiger charge is -2.02. The SMILES string of the molecule is CC(NC#N)c1ncc[nH]1. The van der Waals surface area contributed by atoms with Gasteiger partial charge in [-0.1, -0.05) is 0 Å². The Morgan fingerprint density at radius 2 is 2.70 bits per heavy atom. The van der Waals surface area contributed by atoms with Crippen molar-refractivity contribution in [2.75, 3.05) is 0 Å². The highest BCUT2D eigenvalue weighted by Gasteiger charge is 2.03. The van der Waals surface area contributed by atoms with E-state index in [0.29, 0.717) is 0 Å². The summed E-state index contributed by atoms with van der Waals surface area (Å²) in [6.07, 6.45) is 5.23. The largest absolute Gasteiger partial charge is 0.347 e. The second kappa shape index (κ2) is 2.87. The lowest BCUT2D eigenvalue weighted by Crippen LogP contribution is -2.12. The monoisotopic (exact) mass is 136 g/mol. The maximum absolute atomic E-state index is 8.23. The lowest BCUT2D eigenvalue weighted by molar-refractivity contribution is 0.656. The highest BCUT2D eigenvalue weighted by molar-refractivity contribution is 4.95. The molecular weight excluding hydrogens is 128 g/mol. The molecule has 0 radical (unpaired) electrons. The molecule has 1 rings (SSSR count). The normalized spacial score (nSPS) is 12.0. The molecule has 0 amide bonds. The van der Waals surface area contributed by atoms with Crippen LogP contribution >= 0.6 is 0 Å². The minimum absolute atomic E-state index is 0.0278. The van der Waals surface area contributed by atoms with Crippen molar-refractivity contribution in [3.8, 4) is 6.19 Å². The van der Waals surface area contributed by atoms with Crippen LogP contribution < -0.4 is 5.32 Å². The zero-order valence-electron chi connectivity index (χ0n) is 5.63. The molecule has 1 aromatic heterocycles. The lowest BCUT2D eigenvalue weighted by atomic mass is 10.3. The van der Waals surface area contributed by atoms with E-state index >= 15 is 0 Å². The Balaban J connectivity index is 2.61. The Morgan fingerprint density at radius 1 is 1.90 bits per heavy atom. The summed E-state index contributed by atoms with van der Waals surface area (Å²) in [5, 5.41) is 10.8. The summed E-state index contributed by atoms with van der Waals surface area (Å²) >= 11 is 0. The van der Waals surface area contributed by atoms with Crippen LogP contribution in [0.3, 0.4) is 0 Å². The van der Waals surface area contributed by atoms with Crippen molar-refractivity contribution in [2.24, 2.45) is 0 Å². The fraction of sp³-hybridized carbons (Fsp3) is 0.333. The molecule has 0 saturated carbocycles. The predicted octanol–water partition coefficient (Wildman–Crippen LogP) is 0.541. The molecule has 0 saturated heterocycles. The molecule has 0 fully saturated rings. The van der Waals surface area contributed by atoms with Gasteiger partial charge in [-0.05, 0) is 6.92 Å². The standard InChI is InChI=1S/C6H8N4/c1-5(10-4-7)6-8-2-3-9-6/h2-3,5,10H,1H3,(H,8,9).